The van der Waals surface area contributed by atoms with E-state index < -0.39 is 0 Å². The van der Waals surface area contributed by atoms with Crippen molar-refractivity contribution in [2.75, 3.05) is 18.5 Å². The number of carbonyl (C=O) groups excluding carboxylic acids is 2. The van der Waals surface area contributed by atoms with Crippen molar-refractivity contribution in [2.24, 2.45) is 12.8 Å². The average molecular weight is 406 g/mol. The lowest BCUT2D eigenvalue weighted by Crippen LogP contribution is -2.16. The van der Waals surface area contributed by atoms with E-state index in [1.54, 1.807) is 19.1 Å². The molecule has 3 rings (SSSR count). The molecule has 0 saturated heterocycles. The first kappa shape index (κ1) is 21.1. The summed E-state index contributed by atoms with van der Waals surface area (Å²) in [4.78, 5) is 24.5. The molecule has 0 aliphatic rings. The Kier molecular flexibility index (Phi) is 6.51. The molecule has 1 heterocycles. The van der Waals surface area contributed by atoms with Gasteiger partial charge >= 0.3 is 5.97 Å². The number of anilines is 1. The third-order valence-electron chi connectivity index (χ3n) is 4.94. The Labute approximate surface area is 175 Å². The number of nitrogens with zero attached hydrogens (tertiary/aromatic N) is 1. The number of nitrogen functional groups attached to an aromatic ring is 1. The van der Waals surface area contributed by atoms with Crippen LogP contribution in [0, 0.1) is 5.41 Å². The van der Waals surface area contributed by atoms with Crippen molar-refractivity contribution in [3.8, 4) is 0 Å². The Morgan fingerprint density at radius 1 is 1.17 bits per heavy atom. The molecule has 0 fully saturated rings. The predicted molar refractivity (Wildman–Crippen MR) is 118 cm³/mol. The Bertz CT molecular complexity index is 1080. The third kappa shape index (κ3) is 4.86. The van der Waals surface area contributed by atoms with Gasteiger partial charge in [0.25, 0.3) is 0 Å². The van der Waals surface area contributed by atoms with Crippen LogP contribution in [0.1, 0.15) is 34.8 Å². The van der Waals surface area contributed by atoms with Crippen LogP contribution in [0.5, 0.6) is 0 Å². The minimum atomic E-state index is -0.322. The molecular formula is C23H26N4O3. The molecule has 7 nitrogen and oxygen atoms in total. The summed E-state index contributed by atoms with van der Waals surface area (Å²) in [7, 11) is 1.91. The number of fused-ring (bicyclic) bond motifs is 1. The number of hydrogen-bond donors (Lipinski definition) is 3. The molecule has 0 atom stereocenters. The molecule has 0 amide bonds. The first-order valence-corrected chi connectivity index (χ1v) is 9.84. The van der Waals surface area contributed by atoms with Crippen LogP contribution in [0.3, 0.4) is 0 Å². The molecule has 0 aliphatic heterocycles. The van der Waals surface area contributed by atoms with Crippen LogP contribution in [0.4, 0.5) is 5.69 Å². The third-order valence-corrected chi connectivity index (χ3v) is 4.94. The summed E-state index contributed by atoms with van der Waals surface area (Å²) < 4.78 is 6.86. The molecule has 30 heavy (non-hydrogen) atoms. The Morgan fingerprint density at radius 2 is 1.90 bits per heavy atom. The number of aryl methyl sites for hydroxylation is 2. The highest BCUT2D eigenvalue weighted by molar-refractivity contribution is 6.09. The van der Waals surface area contributed by atoms with E-state index in [9.17, 15) is 9.59 Å². The fourth-order valence-corrected chi connectivity index (χ4v) is 3.35. The van der Waals surface area contributed by atoms with Gasteiger partial charge < -0.3 is 20.4 Å². The maximum Gasteiger partial charge on any atom is 0.325 e. The van der Waals surface area contributed by atoms with E-state index in [-0.39, 0.29) is 24.1 Å². The number of benzene rings is 2. The summed E-state index contributed by atoms with van der Waals surface area (Å²) in [5, 5.41) is 11.3. The number of ether oxygens (including phenoxy) is 1. The summed E-state index contributed by atoms with van der Waals surface area (Å²) in [6.07, 6.45) is 2.83. The van der Waals surface area contributed by atoms with Crippen LogP contribution in [-0.4, -0.2) is 35.3 Å². The van der Waals surface area contributed by atoms with Crippen LogP contribution in [-0.2, 0) is 23.0 Å². The largest absolute Gasteiger partial charge is 0.465 e. The quantitative estimate of drug-likeness (QED) is 0.219. The number of esters is 1. The molecule has 3 aromatic rings. The average Bonchev–Trinajstić information content (AvgIpc) is 3.07. The molecule has 4 N–H and O–H groups in total. The van der Waals surface area contributed by atoms with Gasteiger partial charge in [-0.15, -0.1) is 0 Å². The summed E-state index contributed by atoms with van der Waals surface area (Å²) in [6.45, 7) is 2.18. The zero-order chi connectivity index (χ0) is 21.7. The standard InChI is InChI=1S/C23H26N4O3/c1-3-30-22(29)13-26-17-9-10-20-18(12-17)19(14-27(20)2)21(28)11-6-15-4-7-16(8-5-15)23(24)25/h4-5,7-10,12,14,26H,3,6,11,13H2,1-2H3,(H3,24,25). The lowest BCUT2D eigenvalue weighted by molar-refractivity contribution is -0.140. The van der Waals surface area contributed by atoms with Gasteiger partial charge in [-0.1, -0.05) is 24.3 Å². The van der Waals surface area contributed by atoms with Crippen LogP contribution < -0.4 is 11.1 Å². The number of Topliss-reactive ketones (excluding diaryl/α,β-unsaturated/α-hetero) is 1. The Balaban J connectivity index is 1.73. The summed E-state index contributed by atoms with van der Waals surface area (Å²) in [6, 6.07) is 13.1. The number of aromatic nitrogens is 1. The number of nitrogens with one attached hydrogen (secondary N) is 2. The molecule has 156 valence electrons. The second kappa shape index (κ2) is 9.26. The summed E-state index contributed by atoms with van der Waals surface area (Å²) in [5.41, 5.74) is 9.54. The lowest BCUT2D eigenvalue weighted by Gasteiger charge is -2.07. The van der Waals surface area contributed by atoms with Crippen LogP contribution >= 0.6 is 0 Å². The lowest BCUT2D eigenvalue weighted by atomic mass is 10.0. The zero-order valence-corrected chi connectivity index (χ0v) is 17.2. The van der Waals surface area contributed by atoms with Crippen LogP contribution in [0.25, 0.3) is 10.9 Å². The molecule has 0 spiro atoms. The summed E-state index contributed by atoms with van der Waals surface area (Å²) >= 11 is 0. The molecule has 2 aromatic carbocycles. The van der Waals surface area contributed by atoms with E-state index >= 15 is 0 Å². The minimum absolute atomic E-state index is 0.0285. The fourth-order valence-electron chi connectivity index (χ4n) is 3.35. The molecule has 0 bridgehead atoms. The van der Waals surface area contributed by atoms with Crippen molar-refractivity contribution in [1.82, 2.24) is 4.57 Å². The van der Waals surface area contributed by atoms with Crippen LogP contribution in [0.15, 0.2) is 48.7 Å². The first-order valence-electron chi connectivity index (χ1n) is 9.84. The van der Waals surface area contributed by atoms with E-state index in [4.69, 9.17) is 15.9 Å². The normalized spacial score (nSPS) is 10.7. The highest BCUT2D eigenvalue weighted by atomic mass is 16.5. The topological polar surface area (TPSA) is 110 Å². The zero-order valence-electron chi connectivity index (χ0n) is 17.2. The van der Waals surface area contributed by atoms with Gasteiger partial charge in [0.1, 0.15) is 12.4 Å². The molecule has 0 unspecified atom stereocenters. The Hall–Kier alpha value is -3.61. The van der Waals surface area contributed by atoms with Gasteiger partial charge in [0, 0.05) is 47.4 Å². The van der Waals surface area contributed by atoms with Gasteiger partial charge in [-0.25, -0.2) is 0 Å². The van der Waals surface area contributed by atoms with Crippen molar-refractivity contribution in [3.63, 3.8) is 0 Å². The first-order chi connectivity index (χ1) is 14.4. The van der Waals surface area contributed by atoms with E-state index in [1.165, 1.54) is 0 Å². The number of rotatable bonds is 9. The highest BCUT2D eigenvalue weighted by Gasteiger charge is 2.15. The second-order valence-corrected chi connectivity index (χ2v) is 7.08. The van der Waals surface area contributed by atoms with Crippen molar-refractivity contribution in [2.45, 2.75) is 19.8 Å². The van der Waals surface area contributed by atoms with Crippen molar-refractivity contribution < 1.29 is 14.3 Å². The number of ketones is 1. The molecule has 0 saturated carbocycles. The SMILES string of the molecule is CCOC(=O)CNc1ccc2c(c1)c(C(=O)CCc1ccc(C(=N)N)cc1)cn2C. The van der Waals surface area contributed by atoms with Gasteiger partial charge in [-0.05, 0) is 37.1 Å². The minimum Gasteiger partial charge on any atom is -0.465 e. The fraction of sp³-hybridized carbons (Fsp3) is 0.261. The van der Waals surface area contributed by atoms with E-state index in [0.29, 0.717) is 30.6 Å². The van der Waals surface area contributed by atoms with E-state index in [0.717, 1.165) is 22.2 Å². The Morgan fingerprint density at radius 3 is 2.57 bits per heavy atom. The molecular weight excluding hydrogens is 380 g/mol. The predicted octanol–water partition coefficient (Wildman–Crippen LogP) is 3.25. The number of amidine groups is 1. The molecule has 0 aliphatic carbocycles. The second-order valence-electron chi connectivity index (χ2n) is 7.08. The van der Waals surface area contributed by atoms with Crippen LogP contribution in [0.2, 0.25) is 0 Å². The van der Waals surface area contributed by atoms with Gasteiger partial charge in [-0.3, -0.25) is 15.0 Å². The smallest absolute Gasteiger partial charge is 0.325 e. The van der Waals surface area contributed by atoms with Crippen molar-refractivity contribution in [1.29, 1.82) is 5.41 Å². The van der Waals surface area contributed by atoms with Gasteiger partial charge in [0.15, 0.2) is 5.78 Å². The summed E-state index contributed by atoms with van der Waals surface area (Å²) in [5.74, 6) is -0.239. The van der Waals surface area contributed by atoms with Gasteiger partial charge in [-0.2, -0.15) is 0 Å². The molecule has 7 heteroatoms. The van der Waals surface area contributed by atoms with Gasteiger partial charge in [0.2, 0.25) is 0 Å². The number of nitrogens with two attached hydrogens (primary N) is 1. The van der Waals surface area contributed by atoms with Crippen molar-refractivity contribution >= 4 is 34.2 Å². The highest BCUT2D eigenvalue weighted by Crippen LogP contribution is 2.26. The van der Waals surface area contributed by atoms with E-state index in [2.05, 4.69) is 5.32 Å². The maximum absolute atomic E-state index is 12.9. The monoisotopic (exact) mass is 406 g/mol. The number of carbonyl (C=O) groups is 2. The maximum atomic E-state index is 12.9. The van der Waals surface area contributed by atoms with E-state index in [1.807, 2.05) is 48.1 Å². The molecule has 1 aromatic heterocycles. The molecule has 0 radical (unpaired) electrons. The van der Waals surface area contributed by atoms with Gasteiger partial charge in [0.05, 0.1) is 6.61 Å². The van der Waals surface area contributed by atoms with Crippen molar-refractivity contribution in [3.05, 3.63) is 65.4 Å². The number of hydrogen-bond acceptors (Lipinski definition) is 5.